The van der Waals surface area contributed by atoms with Crippen LogP contribution < -0.4 is 16.0 Å². The normalized spacial score (nSPS) is 21.2. The molecule has 10 nitrogen and oxygen atoms in total. The van der Waals surface area contributed by atoms with Crippen LogP contribution in [0, 0.1) is 5.82 Å². The standard InChI is InChI=1S/C16H14FN7O3S/c17-9-1-3-10(4-2-9)24-20-5-11(23-24)13(25)18-7-16(12-6-28-8-19-12)14(26)21-15(27)22-16/h1-6,8,14,26H,7H2,(H,18,25)(H2,21,22,27). The first-order valence-corrected chi connectivity index (χ1v) is 9.04. The van der Waals surface area contributed by atoms with Crippen LogP contribution in [0.5, 0.6) is 0 Å². The SMILES string of the molecule is O=C1NC(O)C(CNC(=O)c2cnn(-c3ccc(F)cc3)n2)(c2cscn2)N1. The average molecular weight is 403 g/mol. The lowest BCUT2D eigenvalue weighted by atomic mass is 9.95. The van der Waals surface area contributed by atoms with Crippen LogP contribution in [0.25, 0.3) is 5.69 Å². The molecule has 144 valence electrons. The Morgan fingerprint density at radius 1 is 1.39 bits per heavy atom. The summed E-state index contributed by atoms with van der Waals surface area (Å²) < 4.78 is 13.0. The number of hydrogen-bond acceptors (Lipinski definition) is 7. The minimum atomic E-state index is -1.31. The van der Waals surface area contributed by atoms with Crippen LogP contribution in [0.2, 0.25) is 0 Å². The first-order chi connectivity index (χ1) is 13.5. The lowest BCUT2D eigenvalue weighted by molar-refractivity contribution is 0.0710. The Kier molecular flexibility index (Phi) is 4.49. The van der Waals surface area contributed by atoms with Gasteiger partial charge in [0.05, 0.1) is 29.6 Å². The summed E-state index contributed by atoms with van der Waals surface area (Å²) in [5.74, 6) is -0.955. The maximum absolute atomic E-state index is 13.0. The minimum absolute atomic E-state index is 0.0181. The van der Waals surface area contributed by atoms with Crippen LogP contribution in [0.1, 0.15) is 16.2 Å². The number of halogens is 1. The number of nitrogens with zero attached hydrogens (tertiary/aromatic N) is 4. The number of thiazole rings is 1. The number of aliphatic hydroxyl groups is 1. The quantitative estimate of drug-likeness (QED) is 0.478. The lowest BCUT2D eigenvalue weighted by Gasteiger charge is -2.29. The van der Waals surface area contributed by atoms with E-state index in [1.165, 1.54) is 46.6 Å². The summed E-state index contributed by atoms with van der Waals surface area (Å²) in [5.41, 5.74) is 1.18. The molecule has 1 aliphatic rings. The second-order valence-corrected chi connectivity index (χ2v) is 6.74. The van der Waals surface area contributed by atoms with Crippen molar-refractivity contribution in [3.05, 3.63) is 58.6 Å². The van der Waals surface area contributed by atoms with Crippen LogP contribution in [0.3, 0.4) is 0 Å². The zero-order valence-corrected chi connectivity index (χ0v) is 15.0. The zero-order valence-electron chi connectivity index (χ0n) is 14.2. The van der Waals surface area contributed by atoms with Gasteiger partial charge in [0.15, 0.2) is 11.9 Å². The number of carbonyl (C=O) groups excluding carboxylic acids is 2. The molecular weight excluding hydrogens is 389 g/mol. The number of rotatable bonds is 5. The smallest absolute Gasteiger partial charge is 0.317 e. The first kappa shape index (κ1) is 18.0. The van der Waals surface area contributed by atoms with Gasteiger partial charge in [0.25, 0.3) is 5.91 Å². The zero-order chi connectivity index (χ0) is 19.7. The molecule has 28 heavy (non-hydrogen) atoms. The Balaban J connectivity index is 1.51. The summed E-state index contributed by atoms with van der Waals surface area (Å²) >= 11 is 1.29. The number of carbonyl (C=O) groups is 2. The molecule has 0 radical (unpaired) electrons. The monoisotopic (exact) mass is 403 g/mol. The van der Waals surface area contributed by atoms with Crippen LogP contribution in [0.4, 0.5) is 9.18 Å². The van der Waals surface area contributed by atoms with Gasteiger partial charge in [-0.25, -0.2) is 14.2 Å². The number of hydrogen-bond donors (Lipinski definition) is 4. The molecule has 0 saturated carbocycles. The summed E-state index contributed by atoms with van der Waals surface area (Å²) in [4.78, 5) is 29.5. The number of urea groups is 1. The first-order valence-electron chi connectivity index (χ1n) is 8.10. The number of aliphatic hydroxyl groups excluding tert-OH is 1. The Labute approximate surface area is 161 Å². The van der Waals surface area contributed by atoms with Gasteiger partial charge in [-0.1, -0.05) is 0 Å². The highest BCUT2D eigenvalue weighted by Crippen LogP contribution is 2.27. The van der Waals surface area contributed by atoms with Crippen molar-refractivity contribution in [1.82, 2.24) is 35.9 Å². The van der Waals surface area contributed by atoms with E-state index in [1.807, 2.05) is 0 Å². The molecule has 4 N–H and O–H groups in total. The Hall–Kier alpha value is -3.38. The van der Waals surface area contributed by atoms with Crippen LogP contribution >= 0.6 is 11.3 Å². The fraction of sp³-hybridized carbons (Fsp3) is 0.188. The molecule has 1 fully saturated rings. The molecule has 2 atom stereocenters. The second-order valence-electron chi connectivity index (χ2n) is 6.02. The molecule has 2 aromatic heterocycles. The van der Waals surface area contributed by atoms with E-state index in [4.69, 9.17) is 0 Å². The molecule has 2 unspecified atom stereocenters. The Morgan fingerprint density at radius 2 is 2.18 bits per heavy atom. The second kappa shape index (κ2) is 6.98. The molecule has 0 aliphatic carbocycles. The summed E-state index contributed by atoms with van der Waals surface area (Å²) in [6.45, 7) is -0.126. The van der Waals surface area contributed by atoms with Crippen LogP contribution in [0.15, 0.2) is 41.4 Å². The van der Waals surface area contributed by atoms with Crippen molar-refractivity contribution in [2.24, 2.45) is 0 Å². The van der Waals surface area contributed by atoms with Crippen LogP contribution in [-0.4, -0.2) is 49.8 Å². The topological polar surface area (TPSA) is 134 Å². The molecule has 12 heteroatoms. The predicted octanol–water partition coefficient (Wildman–Crippen LogP) is 0.119. The minimum Gasteiger partial charge on any atom is -0.371 e. The van der Waals surface area contributed by atoms with E-state index >= 15 is 0 Å². The van der Waals surface area contributed by atoms with Gasteiger partial charge in [-0.15, -0.1) is 16.4 Å². The van der Waals surface area contributed by atoms with Gasteiger partial charge >= 0.3 is 6.03 Å². The number of nitrogens with one attached hydrogen (secondary N) is 3. The number of benzene rings is 1. The summed E-state index contributed by atoms with van der Waals surface area (Å²) in [6.07, 6.45) is -0.0202. The highest BCUT2D eigenvalue weighted by molar-refractivity contribution is 7.07. The van der Waals surface area contributed by atoms with E-state index in [-0.39, 0.29) is 12.2 Å². The highest BCUT2D eigenvalue weighted by Gasteiger charge is 2.49. The molecule has 1 saturated heterocycles. The van der Waals surface area contributed by atoms with Gasteiger partial charge in [0.2, 0.25) is 0 Å². The van der Waals surface area contributed by atoms with E-state index in [2.05, 4.69) is 31.1 Å². The molecule has 4 rings (SSSR count). The Morgan fingerprint density at radius 3 is 2.82 bits per heavy atom. The third kappa shape index (κ3) is 3.18. The lowest BCUT2D eigenvalue weighted by Crippen LogP contribution is -2.54. The molecule has 0 spiro atoms. The van der Waals surface area contributed by atoms with E-state index in [9.17, 15) is 19.1 Å². The van der Waals surface area contributed by atoms with Gasteiger partial charge in [-0.3, -0.25) is 4.79 Å². The van der Waals surface area contributed by atoms with Gasteiger partial charge in [-0.2, -0.15) is 9.90 Å². The van der Waals surface area contributed by atoms with E-state index in [1.54, 1.807) is 10.9 Å². The van der Waals surface area contributed by atoms with Crippen molar-refractivity contribution in [3.63, 3.8) is 0 Å². The van der Waals surface area contributed by atoms with Gasteiger partial charge in [-0.05, 0) is 24.3 Å². The number of aromatic nitrogens is 4. The Bertz CT molecular complexity index is 1010. The van der Waals surface area contributed by atoms with Crippen molar-refractivity contribution in [2.45, 2.75) is 11.8 Å². The molecule has 0 bridgehead atoms. The summed E-state index contributed by atoms with van der Waals surface area (Å²) in [5, 5.41) is 27.6. The van der Waals surface area contributed by atoms with E-state index in [0.29, 0.717) is 11.4 Å². The molecular formula is C16H14FN7O3S. The average Bonchev–Trinajstić information content (AvgIpc) is 3.41. The maximum Gasteiger partial charge on any atom is 0.317 e. The fourth-order valence-corrected chi connectivity index (χ4v) is 3.43. The van der Waals surface area contributed by atoms with Crippen molar-refractivity contribution in [3.8, 4) is 5.69 Å². The highest BCUT2D eigenvalue weighted by atomic mass is 32.1. The predicted molar refractivity (Wildman–Crippen MR) is 95.1 cm³/mol. The maximum atomic E-state index is 13.0. The van der Waals surface area contributed by atoms with Crippen molar-refractivity contribution in [2.75, 3.05) is 6.54 Å². The van der Waals surface area contributed by atoms with Crippen molar-refractivity contribution >= 4 is 23.3 Å². The van der Waals surface area contributed by atoms with E-state index < -0.39 is 29.5 Å². The van der Waals surface area contributed by atoms with Gasteiger partial charge in [0, 0.05) is 5.38 Å². The van der Waals surface area contributed by atoms with Crippen molar-refractivity contribution < 1.29 is 19.1 Å². The summed E-state index contributed by atoms with van der Waals surface area (Å²) in [7, 11) is 0. The number of amides is 3. The van der Waals surface area contributed by atoms with E-state index in [0.717, 1.165) is 0 Å². The largest absolute Gasteiger partial charge is 0.371 e. The third-order valence-electron chi connectivity index (χ3n) is 4.27. The molecule has 1 aliphatic heterocycles. The van der Waals surface area contributed by atoms with Gasteiger partial charge < -0.3 is 21.1 Å². The van der Waals surface area contributed by atoms with Gasteiger partial charge in [0.1, 0.15) is 11.4 Å². The fourth-order valence-electron chi connectivity index (χ4n) is 2.80. The molecule has 3 aromatic rings. The molecule has 1 aromatic carbocycles. The molecule has 3 amide bonds. The third-order valence-corrected chi connectivity index (χ3v) is 4.86. The summed E-state index contributed by atoms with van der Waals surface area (Å²) in [6, 6.07) is 4.90. The van der Waals surface area contributed by atoms with Crippen molar-refractivity contribution in [1.29, 1.82) is 0 Å². The van der Waals surface area contributed by atoms with Crippen LogP contribution in [-0.2, 0) is 5.54 Å². The molecule has 3 heterocycles.